The molecule has 2 aromatic heterocycles. The standard InChI is InChI=1S/C20H21F2N5O2/c21-20(22)6-1-9-27(12-20)17-5-7-23-11-16(17)26-18(28)13-4-8-24-15(10-13)19(29)25-14-2-3-14/h4-5,7-8,10-11,14H,1-3,6,9,12H2,(H,25,29)(H,26,28). The molecule has 0 bridgehead atoms. The number of anilines is 2. The zero-order chi connectivity index (χ0) is 20.4. The minimum Gasteiger partial charge on any atom is -0.364 e. The lowest BCUT2D eigenvalue weighted by Gasteiger charge is -2.35. The maximum absolute atomic E-state index is 13.8. The van der Waals surface area contributed by atoms with E-state index in [1.54, 1.807) is 11.0 Å². The summed E-state index contributed by atoms with van der Waals surface area (Å²) in [5.41, 5.74) is 1.25. The summed E-state index contributed by atoms with van der Waals surface area (Å²) in [6.45, 7) is 0.0733. The van der Waals surface area contributed by atoms with E-state index in [4.69, 9.17) is 0 Å². The molecule has 4 rings (SSSR count). The third kappa shape index (κ3) is 4.67. The van der Waals surface area contributed by atoms with Crippen molar-refractivity contribution in [3.63, 3.8) is 0 Å². The molecule has 1 aliphatic carbocycles. The van der Waals surface area contributed by atoms with Crippen LogP contribution < -0.4 is 15.5 Å². The van der Waals surface area contributed by atoms with Crippen molar-refractivity contribution >= 4 is 23.2 Å². The molecule has 7 nitrogen and oxygen atoms in total. The van der Waals surface area contributed by atoms with Crippen molar-refractivity contribution in [3.8, 4) is 0 Å². The van der Waals surface area contributed by atoms with Crippen molar-refractivity contribution in [1.29, 1.82) is 0 Å². The minimum atomic E-state index is -2.77. The Bertz CT molecular complexity index is 933. The summed E-state index contributed by atoms with van der Waals surface area (Å²) in [7, 11) is 0. The van der Waals surface area contributed by atoms with Crippen LogP contribution >= 0.6 is 0 Å². The first-order valence-corrected chi connectivity index (χ1v) is 9.56. The van der Waals surface area contributed by atoms with Crippen LogP contribution in [-0.4, -0.2) is 46.8 Å². The molecule has 1 aliphatic heterocycles. The second-order valence-corrected chi connectivity index (χ2v) is 7.41. The normalized spacial score (nSPS) is 18.2. The number of carbonyl (C=O) groups is 2. The highest BCUT2D eigenvalue weighted by atomic mass is 19.3. The molecular formula is C20H21F2N5O2. The average Bonchev–Trinajstić information content (AvgIpc) is 3.51. The lowest BCUT2D eigenvalue weighted by atomic mass is 10.1. The number of hydrogen-bond donors (Lipinski definition) is 2. The van der Waals surface area contributed by atoms with E-state index >= 15 is 0 Å². The van der Waals surface area contributed by atoms with Crippen LogP contribution in [0.1, 0.15) is 46.5 Å². The van der Waals surface area contributed by atoms with Gasteiger partial charge in [0.2, 0.25) is 0 Å². The lowest BCUT2D eigenvalue weighted by Crippen LogP contribution is -2.43. The Kier molecular flexibility index (Phi) is 5.12. The molecule has 0 unspecified atom stereocenters. The number of nitrogens with zero attached hydrogens (tertiary/aromatic N) is 3. The fraction of sp³-hybridized carbons (Fsp3) is 0.400. The van der Waals surface area contributed by atoms with Gasteiger partial charge in [-0.25, -0.2) is 8.78 Å². The Morgan fingerprint density at radius 2 is 2.00 bits per heavy atom. The highest BCUT2D eigenvalue weighted by Gasteiger charge is 2.36. The Balaban J connectivity index is 1.51. The van der Waals surface area contributed by atoms with Crippen LogP contribution in [0.4, 0.5) is 20.2 Å². The Labute approximate surface area is 166 Å². The monoisotopic (exact) mass is 401 g/mol. The number of pyridine rings is 2. The molecule has 2 N–H and O–H groups in total. The van der Waals surface area contributed by atoms with Crippen molar-refractivity contribution in [3.05, 3.63) is 48.0 Å². The van der Waals surface area contributed by atoms with Crippen LogP contribution in [-0.2, 0) is 0 Å². The lowest BCUT2D eigenvalue weighted by molar-refractivity contribution is -0.0116. The number of rotatable bonds is 5. The van der Waals surface area contributed by atoms with Gasteiger partial charge in [0.25, 0.3) is 17.7 Å². The van der Waals surface area contributed by atoms with E-state index in [1.807, 2.05) is 0 Å². The molecule has 1 saturated heterocycles. The van der Waals surface area contributed by atoms with Crippen LogP contribution in [0, 0.1) is 0 Å². The van der Waals surface area contributed by atoms with Gasteiger partial charge in [0.1, 0.15) is 5.69 Å². The Hall–Kier alpha value is -3.10. The second kappa shape index (κ2) is 7.73. The van der Waals surface area contributed by atoms with E-state index in [0.717, 1.165) is 12.8 Å². The van der Waals surface area contributed by atoms with Crippen molar-refractivity contribution in [2.24, 2.45) is 0 Å². The summed E-state index contributed by atoms with van der Waals surface area (Å²) in [6.07, 6.45) is 6.46. The molecule has 9 heteroatoms. The number of carbonyl (C=O) groups excluding carboxylic acids is 2. The maximum Gasteiger partial charge on any atom is 0.270 e. The molecular weight excluding hydrogens is 380 g/mol. The summed E-state index contributed by atoms with van der Waals surface area (Å²) in [4.78, 5) is 34.5. The second-order valence-electron chi connectivity index (χ2n) is 7.41. The molecule has 2 fully saturated rings. The van der Waals surface area contributed by atoms with Gasteiger partial charge in [0.05, 0.1) is 24.1 Å². The Morgan fingerprint density at radius 1 is 1.17 bits per heavy atom. The molecule has 0 radical (unpaired) electrons. The van der Waals surface area contributed by atoms with Crippen molar-refractivity contribution in [2.45, 2.75) is 37.6 Å². The van der Waals surface area contributed by atoms with E-state index in [0.29, 0.717) is 24.3 Å². The number of piperidine rings is 1. The highest BCUT2D eigenvalue weighted by Crippen LogP contribution is 2.33. The summed E-state index contributed by atoms with van der Waals surface area (Å²) >= 11 is 0. The van der Waals surface area contributed by atoms with Gasteiger partial charge < -0.3 is 15.5 Å². The molecule has 0 spiro atoms. The number of aromatic nitrogens is 2. The molecule has 0 aromatic carbocycles. The van der Waals surface area contributed by atoms with Gasteiger partial charge in [-0.05, 0) is 37.5 Å². The molecule has 3 heterocycles. The van der Waals surface area contributed by atoms with E-state index < -0.39 is 18.4 Å². The Morgan fingerprint density at radius 3 is 2.76 bits per heavy atom. The number of amides is 2. The molecule has 152 valence electrons. The first-order valence-electron chi connectivity index (χ1n) is 9.56. The van der Waals surface area contributed by atoms with Crippen molar-refractivity contribution in [2.75, 3.05) is 23.3 Å². The maximum atomic E-state index is 13.8. The van der Waals surface area contributed by atoms with E-state index in [-0.39, 0.29) is 29.6 Å². The first-order chi connectivity index (χ1) is 13.9. The fourth-order valence-electron chi connectivity index (χ4n) is 3.31. The van der Waals surface area contributed by atoms with Gasteiger partial charge >= 0.3 is 0 Å². The summed E-state index contributed by atoms with van der Waals surface area (Å²) < 4.78 is 27.6. The zero-order valence-electron chi connectivity index (χ0n) is 15.7. The third-order valence-corrected chi connectivity index (χ3v) is 4.95. The van der Waals surface area contributed by atoms with E-state index in [9.17, 15) is 18.4 Å². The van der Waals surface area contributed by atoms with E-state index in [1.165, 1.54) is 30.7 Å². The topological polar surface area (TPSA) is 87.2 Å². The summed E-state index contributed by atoms with van der Waals surface area (Å²) in [5, 5.41) is 5.55. The summed E-state index contributed by atoms with van der Waals surface area (Å²) in [5.74, 6) is -3.55. The molecule has 2 aromatic rings. The minimum absolute atomic E-state index is 0.140. The van der Waals surface area contributed by atoms with Gasteiger partial charge in [-0.15, -0.1) is 0 Å². The number of halogens is 2. The van der Waals surface area contributed by atoms with E-state index in [2.05, 4.69) is 20.6 Å². The number of nitrogens with one attached hydrogen (secondary N) is 2. The SMILES string of the molecule is O=C(Nc1cnccc1N1CCCC(F)(F)C1)c1ccnc(C(=O)NC2CC2)c1. The highest BCUT2D eigenvalue weighted by molar-refractivity contribution is 6.07. The molecule has 2 amide bonds. The smallest absolute Gasteiger partial charge is 0.270 e. The van der Waals surface area contributed by atoms with Crippen LogP contribution in [0.25, 0.3) is 0 Å². The van der Waals surface area contributed by atoms with Crippen molar-refractivity contribution in [1.82, 2.24) is 15.3 Å². The molecule has 29 heavy (non-hydrogen) atoms. The first kappa shape index (κ1) is 19.2. The third-order valence-electron chi connectivity index (χ3n) is 4.95. The van der Waals surface area contributed by atoms with Crippen molar-refractivity contribution < 1.29 is 18.4 Å². The molecule has 0 atom stereocenters. The fourth-order valence-corrected chi connectivity index (χ4v) is 3.31. The summed E-state index contributed by atoms with van der Waals surface area (Å²) in [6, 6.07) is 4.70. The number of hydrogen-bond acceptors (Lipinski definition) is 5. The molecule has 2 aliphatic rings. The number of alkyl halides is 2. The zero-order valence-corrected chi connectivity index (χ0v) is 15.7. The van der Waals surface area contributed by atoms with Crippen LogP contribution in [0.3, 0.4) is 0 Å². The van der Waals surface area contributed by atoms with Gasteiger partial charge in [-0.3, -0.25) is 19.6 Å². The largest absolute Gasteiger partial charge is 0.364 e. The van der Waals surface area contributed by atoms with Crippen LogP contribution in [0.5, 0.6) is 0 Å². The van der Waals surface area contributed by atoms with Gasteiger partial charge in [0.15, 0.2) is 0 Å². The quantitative estimate of drug-likeness (QED) is 0.805. The average molecular weight is 401 g/mol. The van der Waals surface area contributed by atoms with Crippen LogP contribution in [0.15, 0.2) is 36.8 Å². The van der Waals surface area contributed by atoms with Gasteiger partial charge in [0, 0.05) is 37.0 Å². The van der Waals surface area contributed by atoms with Gasteiger partial charge in [-0.1, -0.05) is 0 Å². The van der Waals surface area contributed by atoms with Crippen LogP contribution in [0.2, 0.25) is 0 Å². The predicted octanol–water partition coefficient (Wildman–Crippen LogP) is 2.86. The molecule has 1 saturated carbocycles. The predicted molar refractivity (Wildman–Crippen MR) is 103 cm³/mol. The van der Waals surface area contributed by atoms with Gasteiger partial charge in [-0.2, -0.15) is 0 Å².